The van der Waals surface area contributed by atoms with Crippen LogP contribution in [0.15, 0.2) is 18.3 Å². The molecule has 0 bridgehead atoms. The van der Waals surface area contributed by atoms with Crippen molar-refractivity contribution in [2.45, 2.75) is 25.3 Å². The molecule has 2 heterocycles. The Kier molecular flexibility index (Phi) is 4.36. The first kappa shape index (κ1) is 14.3. The lowest BCUT2D eigenvalue weighted by Crippen LogP contribution is -2.36. The molecule has 3 N–H and O–H groups in total. The largest absolute Gasteiger partial charge is 0.378 e. The Morgan fingerprint density at radius 3 is 2.76 bits per heavy atom. The molecule has 0 aromatic carbocycles. The lowest BCUT2D eigenvalue weighted by molar-refractivity contribution is -0.119. The highest BCUT2D eigenvalue weighted by molar-refractivity contribution is 5.92. The zero-order valence-electron chi connectivity index (χ0n) is 12.1. The number of hydrogen-bond donors (Lipinski definition) is 2. The number of carbonyl (C=O) groups excluding carboxylic acids is 1. The van der Waals surface area contributed by atoms with Crippen LogP contribution in [0.1, 0.15) is 19.3 Å². The molecule has 6 nitrogen and oxygen atoms in total. The van der Waals surface area contributed by atoms with Gasteiger partial charge < -0.3 is 20.7 Å². The Labute approximate surface area is 124 Å². The third kappa shape index (κ3) is 3.51. The summed E-state index contributed by atoms with van der Waals surface area (Å²) in [4.78, 5) is 18.7. The van der Waals surface area contributed by atoms with Gasteiger partial charge in [0, 0.05) is 25.0 Å². The number of nitrogens with zero attached hydrogens (tertiary/aromatic N) is 2. The van der Waals surface area contributed by atoms with E-state index in [1.165, 1.54) is 0 Å². The van der Waals surface area contributed by atoms with E-state index in [1.54, 1.807) is 6.20 Å². The number of pyridine rings is 1. The van der Waals surface area contributed by atoms with Crippen molar-refractivity contribution in [3.63, 3.8) is 0 Å². The minimum atomic E-state index is 0.0284. The summed E-state index contributed by atoms with van der Waals surface area (Å²) in [7, 11) is 0. The lowest BCUT2D eigenvalue weighted by atomic mass is 10.1. The van der Waals surface area contributed by atoms with E-state index < -0.39 is 0 Å². The average Bonchev–Trinajstić information content (AvgIpc) is 2.96. The zero-order valence-corrected chi connectivity index (χ0v) is 12.1. The quantitative estimate of drug-likeness (QED) is 0.867. The Balaban J connectivity index is 1.57. The second kappa shape index (κ2) is 6.41. The van der Waals surface area contributed by atoms with Gasteiger partial charge in [0.2, 0.25) is 5.91 Å². The SMILES string of the molecule is NC1CCC(C(=O)Nc2ccc(N3CCOCC3)cn2)C1. The fraction of sp³-hybridized carbons (Fsp3) is 0.600. The van der Waals surface area contributed by atoms with Gasteiger partial charge in [-0.05, 0) is 31.4 Å². The van der Waals surface area contributed by atoms with E-state index in [0.29, 0.717) is 5.82 Å². The van der Waals surface area contributed by atoms with Crippen LogP contribution in [-0.4, -0.2) is 43.2 Å². The van der Waals surface area contributed by atoms with Crippen LogP contribution in [0.25, 0.3) is 0 Å². The van der Waals surface area contributed by atoms with Crippen LogP contribution in [-0.2, 0) is 9.53 Å². The van der Waals surface area contributed by atoms with Gasteiger partial charge in [-0.15, -0.1) is 0 Å². The summed E-state index contributed by atoms with van der Waals surface area (Å²) in [6.45, 7) is 3.27. The molecular formula is C15H22N4O2. The monoisotopic (exact) mass is 290 g/mol. The van der Waals surface area contributed by atoms with E-state index in [9.17, 15) is 4.79 Å². The molecule has 0 radical (unpaired) electrons. The van der Waals surface area contributed by atoms with E-state index in [0.717, 1.165) is 51.3 Å². The van der Waals surface area contributed by atoms with Gasteiger partial charge in [0.25, 0.3) is 0 Å². The number of anilines is 2. The Morgan fingerprint density at radius 2 is 2.14 bits per heavy atom. The van der Waals surface area contributed by atoms with Gasteiger partial charge in [0.1, 0.15) is 5.82 Å². The molecule has 2 atom stereocenters. The summed E-state index contributed by atoms with van der Waals surface area (Å²) in [6.07, 6.45) is 4.39. The average molecular weight is 290 g/mol. The standard InChI is InChI=1S/C15H22N4O2/c16-12-2-1-11(9-12)15(20)18-14-4-3-13(10-17-14)19-5-7-21-8-6-19/h3-4,10-12H,1-2,5-9,16H2,(H,17,18,20). The van der Waals surface area contributed by atoms with Crippen LogP contribution >= 0.6 is 0 Å². The molecule has 3 rings (SSSR count). The van der Waals surface area contributed by atoms with Gasteiger partial charge >= 0.3 is 0 Å². The van der Waals surface area contributed by atoms with Crippen molar-refractivity contribution in [3.05, 3.63) is 18.3 Å². The van der Waals surface area contributed by atoms with Crippen LogP contribution in [0, 0.1) is 5.92 Å². The summed E-state index contributed by atoms with van der Waals surface area (Å²) < 4.78 is 5.33. The van der Waals surface area contributed by atoms with Crippen LogP contribution in [0.3, 0.4) is 0 Å². The Morgan fingerprint density at radius 1 is 1.33 bits per heavy atom. The molecule has 0 spiro atoms. The molecule has 1 saturated heterocycles. The molecular weight excluding hydrogens is 268 g/mol. The molecule has 2 aliphatic rings. The van der Waals surface area contributed by atoms with Crippen LogP contribution in [0.5, 0.6) is 0 Å². The number of nitrogens with two attached hydrogens (primary N) is 1. The molecule has 2 fully saturated rings. The maximum Gasteiger partial charge on any atom is 0.228 e. The van der Waals surface area contributed by atoms with Gasteiger partial charge in [0.05, 0.1) is 25.1 Å². The number of hydrogen-bond acceptors (Lipinski definition) is 5. The summed E-state index contributed by atoms with van der Waals surface area (Å²) in [6, 6.07) is 4.02. The van der Waals surface area contributed by atoms with Crippen molar-refractivity contribution >= 4 is 17.4 Å². The minimum Gasteiger partial charge on any atom is -0.378 e. The van der Waals surface area contributed by atoms with Crippen LogP contribution in [0.2, 0.25) is 0 Å². The first-order valence-electron chi connectivity index (χ1n) is 7.57. The highest BCUT2D eigenvalue weighted by Gasteiger charge is 2.27. The van der Waals surface area contributed by atoms with E-state index in [4.69, 9.17) is 10.5 Å². The maximum atomic E-state index is 12.1. The van der Waals surface area contributed by atoms with Crippen molar-refractivity contribution in [1.82, 2.24) is 4.98 Å². The predicted molar refractivity (Wildman–Crippen MR) is 81.2 cm³/mol. The maximum absolute atomic E-state index is 12.1. The van der Waals surface area contributed by atoms with Crippen molar-refractivity contribution in [2.24, 2.45) is 11.7 Å². The number of carbonyl (C=O) groups is 1. The van der Waals surface area contributed by atoms with Crippen molar-refractivity contribution in [3.8, 4) is 0 Å². The third-order valence-electron chi connectivity index (χ3n) is 4.22. The van der Waals surface area contributed by atoms with E-state index >= 15 is 0 Å². The zero-order chi connectivity index (χ0) is 14.7. The predicted octanol–water partition coefficient (Wildman–Crippen LogP) is 0.984. The van der Waals surface area contributed by atoms with Crippen molar-refractivity contribution < 1.29 is 9.53 Å². The molecule has 1 aromatic rings. The smallest absolute Gasteiger partial charge is 0.228 e. The van der Waals surface area contributed by atoms with E-state index in [2.05, 4.69) is 15.2 Å². The normalized spacial score (nSPS) is 25.9. The second-order valence-electron chi connectivity index (χ2n) is 5.76. The minimum absolute atomic E-state index is 0.0284. The fourth-order valence-corrected chi connectivity index (χ4v) is 2.95. The number of rotatable bonds is 3. The fourth-order valence-electron chi connectivity index (χ4n) is 2.95. The van der Waals surface area contributed by atoms with E-state index in [1.807, 2.05) is 12.1 Å². The Hall–Kier alpha value is -1.66. The summed E-state index contributed by atoms with van der Waals surface area (Å²) in [5.74, 6) is 0.674. The number of ether oxygens (including phenoxy) is 1. The molecule has 21 heavy (non-hydrogen) atoms. The molecule has 1 aromatic heterocycles. The number of nitrogens with one attached hydrogen (secondary N) is 1. The highest BCUT2D eigenvalue weighted by atomic mass is 16.5. The molecule has 2 unspecified atom stereocenters. The summed E-state index contributed by atoms with van der Waals surface area (Å²) >= 11 is 0. The number of aromatic nitrogens is 1. The van der Waals surface area contributed by atoms with Crippen molar-refractivity contribution in [2.75, 3.05) is 36.5 Å². The third-order valence-corrected chi connectivity index (χ3v) is 4.22. The van der Waals surface area contributed by atoms with Gasteiger partial charge in [-0.1, -0.05) is 0 Å². The molecule has 1 saturated carbocycles. The molecule has 1 aliphatic carbocycles. The molecule has 114 valence electrons. The first-order chi connectivity index (χ1) is 10.2. The Bertz CT molecular complexity index is 485. The van der Waals surface area contributed by atoms with Crippen LogP contribution < -0.4 is 16.0 Å². The van der Waals surface area contributed by atoms with Gasteiger partial charge in [0.15, 0.2) is 0 Å². The number of morpholine rings is 1. The summed E-state index contributed by atoms with van der Waals surface area (Å²) in [5, 5.41) is 2.89. The van der Waals surface area contributed by atoms with Gasteiger partial charge in [-0.2, -0.15) is 0 Å². The van der Waals surface area contributed by atoms with Gasteiger partial charge in [-0.25, -0.2) is 4.98 Å². The summed E-state index contributed by atoms with van der Waals surface area (Å²) in [5.41, 5.74) is 6.92. The van der Waals surface area contributed by atoms with Gasteiger partial charge in [-0.3, -0.25) is 4.79 Å². The van der Waals surface area contributed by atoms with E-state index in [-0.39, 0.29) is 17.9 Å². The topological polar surface area (TPSA) is 80.5 Å². The number of amides is 1. The molecule has 1 aliphatic heterocycles. The second-order valence-corrected chi connectivity index (χ2v) is 5.76. The lowest BCUT2D eigenvalue weighted by Gasteiger charge is -2.28. The van der Waals surface area contributed by atoms with Crippen molar-refractivity contribution in [1.29, 1.82) is 0 Å². The molecule has 6 heteroatoms. The highest BCUT2D eigenvalue weighted by Crippen LogP contribution is 2.25. The first-order valence-corrected chi connectivity index (χ1v) is 7.57. The molecule has 1 amide bonds. The van der Waals surface area contributed by atoms with Crippen LogP contribution in [0.4, 0.5) is 11.5 Å².